The lowest BCUT2D eigenvalue weighted by atomic mass is 10.2. The van der Waals surface area contributed by atoms with E-state index in [4.69, 9.17) is 4.74 Å². The third-order valence-corrected chi connectivity index (χ3v) is 9.34. The SMILES string of the molecule is CC(C)(C)[Si](C)(C)N1CCOCC1. The molecular formula is C10H23NOSi. The number of nitrogens with zero attached hydrogens (tertiary/aromatic N) is 1. The van der Waals surface area contributed by atoms with E-state index < -0.39 is 8.24 Å². The number of hydrogen-bond acceptors (Lipinski definition) is 2. The van der Waals surface area contributed by atoms with Gasteiger partial charge in [0.2, 0.25) is 0 Å². The maximum Gasteiger partial charge on any atom is 0.127 e. The molecule has 0 saturated carbocycles. The molecule has 1 aliphatic rings. The van der Waals surface area contributed by atoms with Crippen LogP contribution in [-0.4, -0.2) is 39.1 Å². The van der Waals surface area contributed by atoms with Crippen molar-refractivity contribution in [1.82, 2.24) is 4.57 Å². The number of morpholine rings is 1. The lowest BCUT2D eigenvalue weighted by Gasteiger charge is -2.47. The van der Waals surface area contributed by atoms with Crippen LogP contribution in [-0.2, 0) is 4.74 Å². The third-order valence-electron chi connectivity index (χ3n) is 3.64. The fourth-order valence-corrected chi connectivity index (χ4v) is 3.85. The normalized spacial score (nSPS) is 21.9. The van der Waals surface area contributed by atoms with E-state index >= 15 is 0 Å². The van der Waals surface area contributed by atoms with Crippen LogP contribution < -0.4 is 0 Å². The van der Waals surface area contributed by atoms with E-state index in [9.17, 15) is 0 Å². The largest absolute Gasteiger partial charge is 0.379 e. The fourth-order valence-electron chi connectivity index (χ4n) is 1.60. The van der Waals surface area contributed by atoms with Crippen molar-refractivity contribution in [3.8, 4) is 0 Å². The maximum absolute atomic E-state index is 5.39. The first-order valence-electron chi connectivity index (χ1n) is 5.18. The van der Waals surface area contributed by atoms with Crippen molar-refractivity contribution < 1.29 is 4.74 Å². The number of rotatable bonds is 1. The van der Waals surface area contributed by atoms with Gasteiger partial charge in [-0.3, -0.25) is 0 Å². The molecule has 0 aromatic rings. The summed E-state index contributed by atoms with van der Waals surface area (Å²) in [5.74, 6) is 0. The van der Waals surface area contributed by atoms with Gasteiger partial charge in [0.05, 0.1) is 13.2 Å². The summed E-state index contributed by atoms with van der Waals surface area (Å²) in [5, 5.41) is 0.463. The van der Waals surface area contributed by atoms with Gasteiger partial charge in [-0.25, -0.2) is 0 Å². The number of hydrogen-bond donors (Lipinski definition) is 0. The van der Waals surface area contributed by atoms with Gasteiger partial charge in [0.1, 0.15) is 8.24 Å². The van der Waals surface area contributed by atoms with E-state index in [1.165, 1.54) is 0 Å². The average molecular weight is 201 g/mol. The van der Waals surface area contributed by atoms with Crippen LogP contribution in [0.2, 0.25) is 18.1 Å². The molecule has 1 saturated heterocycles. The van der Waals surface area contributed by atoms with Crippen LogP contribution in [0.3, 0.4) is 0 Å². The predicted octanol–water partition coefficient (Wildman–Crippen LogP) is 2.32. The highest BCUT2D eigenvalue weighted by atomic mass is 28.3. The van der Waals surface area contributed by atoms with Gasteiger partial charge in [-0.2, -0.15) is 0 Å². The molecule has 1 heterocycles. The Hall–Kier alpha value is 0.137. The number of ether oxygens (including phenoxy) is 1. The lowest BCUT2D eigenvalue weighted by molar-refractivity contribution is 0.0673. The molecule has 0 bridgehead atoms. The lowest BCUT2D eigenvalue weighted by Crippen LogP contribution is -2.58. The monoisotopic (exact) mass is 201 g/mol. The molecule has 1 rings (SSSR count). The summed E-state index contributed by atoms with van der Waals surface area (Å²) >= 11 is 0. The summed E-state index contributed by atoms with van der Waals surface area (Å²) in [6.07, 6.45) is 0. The van der Waals surface area contributed by atoms with Crippen LogP contribution in [0.1, 0.15) is 20.8 Å². The molecule has 0 amide bonds. The van der Waals surface area contributed by atoms with Crippen molar-refractivity contribution in [2.24, 2.45) is 0 Å². The Balaban J connectivity index is 2.67. The van der Waals surface area contributed by atoms with Gasteiger partial charge < -0.3 is 9.30 Å². The van der Waals surface area contributed by atoms with Crippen molar-refractivity contribution in [3.63, 3.8) is 0 Å². The minimum absolute atomic E-state index is 0.463. The summed E-state index contributed by atoms with van der Waals surface area (Å²) in [6.45, 7) is 16.2. The molecule has 0 aliphatic carbocycles. The first-order chi connectivity index (χ1) is 5.86. The van der Waals surface area contributed by atoms with Gasteiger partial charge >= 0.3 is 0 Å². The zero-order valence-electron chi connectivity index (χ0n) is 9.68. The summed E-state index contributed by atoms with van der Waals surface area (Å²) in [4.78, 5) is 0. The molecule has 78 valence electrons. The highest BCUT2D eigenvalue weighted by molar-refractivity contribution is 6.77. The van der Waals surface area contributed by atoms with E-state index in [0.29, 0.717) is 5.04 Å². The Morgan fingerprint density at radius 3 is 1.92 bits per heavy atom. The Morgan fingerprint density at radius 1 is 1.08 bits per heavy atom. The molecule has 13 heavy (non-hydrogen) atoms. The second-order valence-electron chi connectivity index (χ2n) is 5.41. The predicted molar refractivity (Wildman–Crippen MR) is 59.6 cm³/mol. The molecule has 2 nitrogen and oxygen atoms in total. The van der Waals surface area contributed by atoms with Crippen LogP contribution >= 0.6 is 0 Å². The van der Waals surface area contributed by atoms with Gasteiger partial charge in [0, 0.05) is 13.1 Å². The topological polar surface area (TPSA) is 12.5 Å². The van der Waals surface area contributed by atoms with E-state index in [2.05, 4.69) is 38.4 Å². The van der Waals surface area contributed by atoms with Gasteiger partial charge in [0.15, 0.2) is 0 Å². The second kappa shape index (κ2) is 3.71. The van der Waals surface area contributed by atoms with Crippen LogP contribution in [0, 0.1) is 0 Å². The third kappa shape index (κ3) is 2.33. The zero-order valence-corrected chi connectivity index (χ0v) is 10.7. The highest BCUT2D eigenvalue weighted by Crippen LogP contribution is 2.38. The average Bonchev–Trinajstić information content (AvgIpc) is 2.04. The van der Waals surface area contributed by atoms with Gasteiger partial charge in [-0.1, -0.05) is 33.9 Å². The molecule has 0 radical (unpaired) electrons. The quantitative estimate of drug-likeness (QED) is 0.604. The Bertz CT molecular complexity index is 168. The van der Waals surface area contributed by atoms with Gasteiger partial charge in [0.25, 0.3) is 0 Å². The standard InChI is InChI=1S/C10H23NOSi/c1-10(2,3)13(4,5)11-6-8-12-9-7-11/h6-9H2,1-5H3. The smallest absolute Gasteiger partial charge is 0.127 e. The molecular weight excluding hydrogens is 178 g/mol. The molecule has 0 aromatic carbocycles. The molecule has 0 atom stereocenters. The minimum atomic E-state index is -1.25. The van der Waals surface area contributed by atoms with Crippen LogP contribution in [0.5, 0.6) is 0 Å². The van der Waals surface area contributed by atoms with Gasteiger partial charge in [-0.05, 0) is 5.04 Å². The van der Waals surface area contributed by atoms with Crippen molar-refractivity contribution in [3.05, 3.63) is 0 Å². The van der Waals surface area contributed by atoms with E-state index in [1.54, 1.807) is 0 Å². The van der Waals surface area contributed by atoms with E-state index in [0.717, 1.165) is 26.3 Å². The Labute approximate surface area is 83.4 Å². The van der Waals surface area contributed by atoms with Crippen molar-refractivity contribution >= 4 is 8.24 Å². The molecule has 3 heteroatoms. The molecule has 0 N–H and O–H groups in total. The maximum atomic E-state index is 5.39. The molecule has 0 spiro atoms. The molecule has 0 aromatic heterocycles. The summed E-state index contributed by atoms with van der Waals surface area (Å²) in [7, 11) is -1.25. The summed E-state index contributed by atoms with van der Waals surface area (Å²) < 4.78 is 8.07. The molecule has 0 unspecified atom stereocenters. The summed E-state index contributed by atoms with van der Waals surface area (Å²) in [5.41, 5.74) is 0. The van der Waals surface area contributed by atoms with E-state index in [1.807, 2.05) is 0 Å². The summed E-state index contributed by atoms with van der Waals surface area (Å²) in [6, 6.07) is 0. The van der Waals surface area contributed by atoms with Crippen LogP contribution in [0.25, 0.3) is 0 Å². The van der Waals surface area contributed by atoms with Crippen LogP contribution in [0.4, 0.5) is 0 Å². The van der Waals surface area contributed by atoms with E-state index in [-0.39, 0.29) is 0 Å². The Morgan fingerprint density at radius 2 is 1.54 bits per heavy atom. The fraction of sp³-hybridized carbons (Fsp3) is 1.00. The van der Waals surface area contributed by atoms with Crippen molar-refractivity contribution in [1.29, 1.82) is 0 Å². The van der Waals surface area contributed by atoms with Crippen molar-refractivity contribution in [2.75, 3.05) is 26.3 Å². The molecule has 1 fully saturated rings. The first kappa shape index (κ1) is 11.2. The second-order valence-corrected chi connectivity index (χ2v) is 10.7. The molecule has 1 aliphatic heterocycles. The highest BCUT2D eigenvalue weighted by Gasteiger charge is 2.41. The van der Waals surface area contributed by atoms with Crippen LogP contribution in [0.15, 0.2) is 0 Å². The Kier molecular flexibility index (Phi) is 3.20. The van der Waals surface area contributed by atoms with Crippen molar-refractivity contribution in [2.45, 2.75) is 38.9 Å². The van der Waals surface area contributed by atoms with Gasteiger partial charge in [-0.15, -0.1) is 0 Å². The first-order valence-corrected chi connectivity index (χ1v) is 8.13. The zero-order chi connectivity index (χ0) is 10.1. The minimum Gasteiger partial charge on any atom is -0.379 e.